The van der Waals surface area contributed by atoms with Gasteiger partial charge in [-0.05, 0) is 58.4 Å². The van der Waals surface area contributed by atoms with Crippen LogP contribution in [0.1, 0.15) is 17.9 Å². The van der Waals surface area contributed by atoms with Crippen LogP contribution in [0.5, 0.6) is 5.75 Å². The molecular weight excluding hydrogens is 242 g/mol. The zero-order chi connectivity index (χ0) is 10.1. The van der Waals surface area contributed by atoms with Crippen molar-refractivity contribution in [2.45, 2.75) is 12.3 Å². The van der Waals surface area contributed by atoms with Crippen molar-refractivity contribution in [1.29, 1.82) is 0 Å². The Morgan fingerprint density at radius 2 is 2.36 bits per heavy atom. The first kappa shape index (κ1) is 9.99. The fraction of sp³-hybridized carbons (Fsp3) is 0.455. The van der Waals surface area contributed by atoms with E-state index in [0.29, 0.717) is 11.8 Å². The zero-order valence-corrected chi connectivity index (χ0v) is 9.75. The molecular formula is C11H14BrNO. The van der Waals surface area contributed by atoms with Crippen LogP contribution in [-0.2, 0) is 0 Å². The lowest BCUT2D eigenvalue weighted by molar-refractivity contribution is 0.411. The molecule has 14 heavy (non-hydrogen) atoms. The summed E-state index contributed by atoms with van der Waals surface area (Å²) in [6, 6.07) is 6.29. The van der Waals surface area contributed by atoms with Crippen LogP contribution >= 0.6 is 15.9 Å². The maximum atomic E-state index is 5.62. The molecule has 1 saturated carbocycles. The summed E-state index contributed by atoms with van der Waals surface area (Å²) in [4.78, 5) is 0. The molecule has 1 aromatic carbocycles. The number of methoxy groups -OCH3 is 1. The average molecular weight is 256 g/mol. The highest BCUT2D eigenvalue weighted by Gasteiger charge is 2.37. The van der Waals surface area contributed by atoms with Crippen LogP contribution in [0.15, 0.2) is 22.7 Å². The van der Waals surface area contributed by atoms with Crippen molar-refractivity contribution >= 4 is 15.9 Å². The number of rotatable bonds is 3. The molecule has 3 heteroatoms. The van der Waals surface area contributed by atoms with Gasteiger partial charge in [0, 0.05) is 0 Å². The minimum Gasteiger partial charge on any atom is -0.496 e. The molecule has 0 aliphatic heterocycles. The van der Waals surface area contributed by atoms with Gasteiger partial charge in [0.15, 0.2) is 0 Å². The Kier molecular flexibility index (Phi) is 2.79. The Morgan fingerprint density at radius 1 is 1.57 bits per heavy atom. The Bertz CT molecular complexity index is 340. The third-order valence-corrected chi connectivity index (χ3v) is 3.48. The molecule has 2 N–H and O–H groups in total. The molecule has 2 rings (SSSR count). The minimum absolute atomic E-state index is 0.655. The Hall–Kier alpha value is -0.540. The number of ether oxygens (including phenoxy) is 1. The van der Waals surface area contributed by atoms with Crippen LogP contribution in [0.25, 0.3) is 0 Å². The summed E-state index contributed by atoms with van der Waals surface area (Å²) in [5, 5.41) is 0. The predicted octanol–water partition coefficient (Wildman–Crippen LogP) is 2.52. The third-order valence-electron chi connectivity index (χ3n) is 2.83. The van der Waals surface area contributed by atoms with Crippen LogP contribution < -0.4 is 10.5 Å². The van der Waals surface area contributed by atoms with E-state index in [-0.39, 0.29) is 0 Å². The van der Waals surface area contributed by atoms with Crippen molar-refractivity contribution in [2.24, 2.45) is 11.7 Å². The molecule has 1 aliphatic rings. The number of benzene rings is 1. The first-order chi connectivity index (χ1) is 6.76. The van der Waals surface area contributed by atoms with Gasteiger partial charge < -0.3 is 10.5 Å². The molecule has 0 spiro atoms. The summed E-state index contributed by atoms with van der Waals surface area (Å²) in [7, 11) is 1.69. The quantitative estimate of drug-likeness (QED) is 0.901. The second-order valence-corrected chi connectivity index (χ2v) is 4.59. The molecule has 0 unspecified atom stereocenters. The van der Waals surface area contributed by atoms with Crippen LogP contribution in [0, 0.1) is 5.92 Å². The topological polar surface area (TPSA) is 35.2 Å². The average Bonchev–Trinajstić information content (AvgIpc) is 2.98. The van der Waals surface area contributed by atoms with E-state index in [9.17, 15) is 0 Å². The van der Waals surface area contributed by atoms with Gasteiger partial charge in [0.05, 0.1) is 11.6 Å². The molecule has 0 aromatic heterocycles. The summed E-state index contributed by atoms with van der Waals surface area (Å²) in [6.07, 6.45) is 1.22. The molecule has 1 aromatic rings. The van der Waals surface area contributed by atoms with Gasteiger partial charge in [-0.1, -0.05) is 6.07 Å². The lowest BCUT2D eigenvalue weighted by atomic mass is 10.1. The van der Waals surface area contributed by atoms with E-state index in [1.807, 2.05) is 6.07 Å². The van der Waals surface area contributed by atoms with Crippen LogP contribution in [0.3, 0.4) is 0 Å². The summed E-state index contributed by atoms with van der Waals surface area (Å²) in [6.45, 7) is 0.795. The second kappa shape index (κ2) is 3.91. The van der Waals surface area contributed by atoms with Gasteiger partial charge in [0.1, 0.15) is 5.75 Å². The number of halogens is 1. The van der Waals surface area contributed by atoms with Crippen LogP contribution in [-0.4, -0.2) is 13.7 Å². The van der Waals surface area contributed by atoms with Crippen LogP contribution in [0.2, 0.25) is 0 Å². The summed E-state index contributed by atoms with van der Waals surface area (Å²) in [5.74, 6) is 2.24. The highest BCUT2D eigenvalue weighted by molar-refractivity contribution is 9.10. The first-order valence-corrected chi connectivity index (χ1v) is 5.59. The van der Waals surface area contributed by atoms with Gasteiger partial charge in [-0.25, -0.2) is 0 Å². The molecule has 0 heterocycles. The normalized spacial score (nSPS) is 24.8. The molecule has 0 amide bonds. The van der Waals surface area contributed by atoms with Crippen molar-refractivity contribution in [2.75, 3.05) is 13.7 Å². The summed E-state index contributed by atoms with van der Waals surface area (Å²) in [5.41, 5.74) is 6.97. The standard InChI is InChI=1S/C11H14BrNO/c1-14-11-5-7(2-3-10(11)12)9-4-8(9)6-13/h2-3,5,8-9H,4,6,13H2,1H3/t8-,9-/m0/s1. The van der Waals surface area contributed by atoms with Gasteiger partial charge in [0.25, 0.3) is 0 Å². The maximum Gasteiger partial charge on any atom is 0.133 e. The van der Waals surface area contributed by atoms with Crippen molar-refractivity contribution in [3.05, 3.63) is 28.2 Å². The summed E-state index contributed by atoms with van der Waals surface area (Å²) < 4.78 is 6.26. The highest BCUT2D eigenvalue weighted by atomic mass is 79.9. The van der Waals surface area contributed by atoms with Crippen molar-refractivity contribution in [3.8, 4) is 5.75 Å². The number of hydrogen-bond acceptors (Lipinski definition) is 2. The molecule has 2 nitrogen and oxygen atoms in total. The molecule has 76 valence electrons. The maximum absolute atomic E-state index is 5.62. The van der Waals surface area contributed by atoms with Crippen molar-refractivity contribution in [1.82, 2.24) is 0 Å². The molecule has 2 atom stereocenters. The minimum atomic E-state index is 0.655. The van der Waals surface area contributed by atoms with Gasteiger partial charge in [0.2, 0.25) is 0 Å². The predicted molar refractivity (Wildman–Crippen MR) is 60.6 cm³/mol. The fourth-order valence-electron chi connectivity index (χ4n) is 1.82. The largest absolute Gasteiger partial charge is 0.496 e. The van der Waals surface area contributed by atoms with Crippen molar-refractivity contribution in [3.63, 3.8) is 0 Å². The van der Waals surface area contributed by atoms with E-state index in [1.165, 1.54) is 12.0 Å². The smallest absolute Gasteiger partial charge is 0.133 e. The molecule has 0 bridgehead atoms. The van der Waals surface area contributed by atoms with E-state index in [2.05, 4.69) is 28.1 Å². The van der Waals surface area contributed by atoms with E-state index >= 15 is 0 Å². The molecule has 1 fully saturated rings. The SMILES string of the molecule is COc1cc([C@@H]2C[C@H]2CN)ccc1Br. The summed E-state index contributed by atoms with van der Waals surface area (Å²) >= 11 is 3.44. The van der Waals surface area contributed by atoms with Gasteiger partial charge in [-0.2, -0.15) is 0 Å². The van der Waals surface area contributed by atoms with Gasteiger partial charge in [-0.15, -0.1) is 0 Å². The third kappa shape index (κ3) is 1.79. The van der Waals surface area contributed by atoms with Crippen molar-refractivity contribution < 1.29 is 4.74 Å². The lowest BCUT2D eigenvalue weighted by Gasteiger charge is -2.06. The van der Waals surface area contributed by atoms with Gasteiger partial charge >= 0.3 is 0 Å². The first-order valence-electron chi connectivity index (χ1n) is 4.79. The molecule has 0 saturated heterocycles. The second-order valence-electron chi connectivity index (χ2n) is 3.73. The van der Waals surface area contributed by atoms with E-state index in [1.54, 1.807) is 7.11 Å². The fourth-order valence-corrected chi connectivity index (χ4v) is 2.23. The number of hydrogen-bond donors (Lipinski definition) is 1. The number of nitrogens with two attached hydrogens (primary N) is 1. The monoisotopic (exact) mass is 255 g/mol. The van der Waals surface area contributed by atoms with Gasteiger partial charge in [-0.3, -0.25) is 0 Å². The Balaban J connectivity index is 2.20. The van der Waals surface area contributed by atoms with Crippen LogP contribution in [0.4, 0.5) is 0 Å². The molecule has 0 radical (unpaired) electrons. The van der Waals surface area contributed by atoms with E-state index in [0.717, 1.165) is 16.8 Å². The lowest BCUT2D eigenvalue weighted by Crippen LogP contribution is -2.02. The van der Waals surface area contributed by atoms with E-state index in [4.69, 9.17) is 10.5 Å². The Labute approximate surface area is 92.6 Å². The molecule has 1 aliphatic carbocycles. The van der Waals surface area contributed by atoms with E-state index < -0.39 is 0 Å². The zero-order valence-electron chi connectivity index (χ0n) is 8.16. The highest BCUT2D eigenvalue weighted by Crippen LogP contribution is 2.47. The Morgan fingerprint density at radius 3 is 2.93 bits per heavy atom.